The number of ether oxygens (including phenoxy) is 2. The number of hydrogen-bond donors (Lipinski definition) is 2. The van der Waals surface area contributed by atoms with E-state index < -0.39 is 0 Å². The first-order valence-electron chi connectivity index (χ1n) is 6.88. The molecule has 0 aliphatic carbocycles. The van der Waals surface area contributed by atoms with Crippen LogP contribution in [0.5, 0.6) is 11.5 Å². The lowest BCUT2D eigenvalue weighted by Crippen LogP contribution is -2.38. The first kappa shape index (κ1) is 15.8. The van der Waals surface area contributed by atoms with Gasteiger partial charge in [-0.05, 0) is 25.5 Å². The third kappa shape index (κ3) is 5.94. The van der Waals surface area contributed by atoms with Crippen LogP contribution in [-0.2, 0) is 0 Å². The lowest BCUT2D eigenvalue weighted by atomic mass is 10.2. The molecule has 19 heavy (non-hydrogen) atoms. The van der Waals surface area contributed by atoms with E-state index in [0.29, 0.717) is 19.3 Å². The molecular formula is C15H25NO3. The number of benzene rings is 1. The minimum Gasteiger partial charge on any atom is -0.490 e. The molecule has 0 fully saturated rings. The largest absolute Gasteiger partial charge is 0.490 e. The Morgan fingerprint density at radius 1 is 1.16 bits per heavy atom. The molecule has 4 nitrogen and oxygen atoms in total. The summed E-state index contributed by atoms with van der Waals surface area (Å²) in [5, 5.41) is 12.6. The number of hydrogen-bond acceptors (Lipinski definition) is 4. The monoisotopic (exact) mass is 267 g/mol. The van der Waals surface area contributed by atoms with Crippen LogP contribution in [0, 0.1) is 0 Å². The van der Waals surface area contributed by atoms with Gasteiger partial charge in [-0.15, -0.1) is 0 Å². The summed E-state index contributed by atoms with van der Waals surface area (Å²) in [6.07, 6.45) is 0.759. The van der Waals surface area contributed by atoms with Crippen molar-refractivity contribution in [2.75, 3.05) is 19.8 Å². The van der Waals surface area contributed by atoms with Crippen molar-refractivity contribution >= 4 is 0 Å². The fraction of sp³-hybridized carbons (Fsp3) is 0.600. The van der Waals surface area contributed by atoms with Gasteiger partial charge in [0.25, 0.3) is 0 Å². The van der Waals surface area contributed by atoms with Crippen LogP contribution < -0.4 is 14.8 Å². The second kappa shape index (κ2) is 8.77. The second-order valence-electron chi connectivity index (χ2n) is 4.72. The van der Waals surface area contributed by atoms with Crippen LogP contribution in [0.2, 0.25) is 0 Å². The van der Waals surface area contributed by atoms with Gasteiger partial charge in [0.2, 0.25) is 0 Å². The Morgan fingerprint density at radius 2 is 1.79 bits per heavy atom. The van der Waals surface area contributed by atoms with Gasteiger partial charge in [-0.25, -0.2) is 0 Å². The van der Waals surface area contributed by atoms with Crippen LogP contribution >= 0.6 is 0 Å². The molecule has 1 rings (SSSR count). The zero-order valence-electron chi connectivity index (χ0n) is 12.1. The van der Waals surface area contributed by atoms with Gasteiger partial charge in [-0.3, -0.25) is 0 Å². The molecule has 1 unspecified atom stereocenters. The number of rotatable bonds is 9. The molecule has 0 aliphatic heterocycles. The third-order valence-corrected chi connectivity index (χ3v) is 2.66. The molecular weight excluding hydrogens is 242 g/mol. The number of aliphatic hydroxyl groups excluding tert-OH is 1. The highest BCUT2D eigenvalue weighted by Gasteiger charge is 2.09. The SMILES string of the molecule is CCOc1ccccc1OCCC(CO)NC(C)C. The number of aliphatic hydroxyl groups is 1. The summed E-state index contributed by atoms with van der Waals surface area (Å²) >= 11 is 0. The Hall–Kier alpha value is -1.26. The van der Waals surface area contributed by atoms with E-state index in [1.165, 1.54) is 0 Å². The molecule has 0 aliphatic rings. The van der Waals surface area contributed by atoms with Gasteiger partial charge < -0.3 is 19.9 Å². The highest BCUT2D eigenvalue weighted by Crippen LogP contribution is 2.26. The normalized spacial score (nSPS) is 12.5. The summed E-state index contributed by atoms with van der Waals surface area (Å²) < 4.78 is 11.2. The summed E-state index contributed by atoms with van der Waals surface area (Å²) in [5.41, 5.74) is 0. The molecule has 2 N–H and O–H groups in total. The standard InChI is InChI=1S/C15H25NO3/c1-4-18-14-7-5-6-8-15(14)19-10-9-13(11-17)16-12(2)3/h5-8,12-13,16-17H,4,9-11H2,1-3H3. The zero-order valence-corrected chi connectivity index (χ0v) is 12.1. The Balaban J connectivity index is 2.43. The van der Waals surface area contributed by atoms with Crippen molar-refractivity contribution in [1.82, 2.24) is 5.32 Å². The molecule has 0 spiro atoms. The van der Waals surface area contributed by atoms with Gasteiger partial charge in [-0.2, -0.15) is 0 Å². The molecule has 1 atom stereocenters. The van der Waals surface area contributed by atoms with Crippen molar-refractivity contribution in [2.45, 2.75) is 39.3 Å². The number of nitrogens with one attached hydrogen (secondary N) is 1. The lowest BCUT2D eigenvalue weighted by molar-refractivity contribution is 0.199. The first-order chi connectivity index (χ1) is 9.17. The highest BCUT2D eigenvalue weighted by molar-refractivity contribution is 5.39. The van der Waals surface area contributed by atoms with E-state index in [1.807, 2.05) is 31.2 Å². The summed E-state index contributed by atoms with van der Waals surface area (Å²) in [4.78, 5) is 0. The van der Waals surface area contributed by atoms with E-state index in [9.17, 15) is 5.11 Å². The number of para-hydroxylation sites is 2. The van der Waals surface area contributed by atoms with Crippen LogP contribution in [0.3, 0.4) is 0 Å². The summed E-state index contributed by atoms with van der Waals surface area (Å²) in [6, 6.07) is 8.07. The van der Waals surface area contributed by atoms with E-state index in [-0.39, 0.29) is 12.6 Å². The molecule has 0 aromatic heterocycles. The van der Waals surface area contributed by atoms with E-state index in [1.54, 1.807) is 0 Å². The van der Waals surface area contributed by atoms with Crippen LogP contribution in [0.25, 0.3) is 0 Å². The van der Waals surface area contributed by atoms with Crippen LogP contribution in [0.15, 0.2) is 24.3 Å². The Kier molecular flexibility index (Phi) is 7.30. The van der Waals surface area contributed by atoms with Gasteiger partial charge >= 0.3 is 0 Å². The van der Waals surface area contributed by atoms with Gasteiger partial charge in [-0.1, -0.05) is 26.0 Å². The molecule has 0 heterocycles. The average Bonchev–Trinajstić information content (AvgIpc) is 2.39. The third-order valence-electron chi connectivity index (χ3n) is 2.66. The van der Waals surface area contributed by atoms with Crippen molar-refractivity contribution in [3.05, 3.63) is 24.3 Å². The van der Waals surface area contributed by atoms with Crippen molar-refractivity contribution in [3.8, 4) is 11.5 Å². The molecule has 0 bridgehead atoms. The van der Waals surface area contributed by atoms with Crippen molar-refractivity contribution in [1.29, 1.82) is 0 Å². The van der Waals surface area contributed by atoms with E-state index in [2.05, 4.69) is 19.2 Å². The summed E-state index contributed by atoms with van der Waals surface area (Å²) in [7, 11) is 0. The van der Waals surface area contributed by atoms with Gasteiger partial charge in [0.05, 0.1) is 19.8 Å². The Bertz CT molecular complexity index is 355. The molecule has 1 aromatic rings. The van der Waals surface area contributed by atoms with Gasteiger partial charge in [0.1, 0.15) is 0 Å². The zero-order chi connectivity index (χ0) is 14.1. The smallest absolute Gasteiger partial charge is 0.161 e. The molecule has 0 amide bonds. The van der Waals surface area contributed by atoms with Gasteiger partial charge in [0, 0.05) is 12.1 Å². The predicted octanol–water partition coefficient (Wildman–Crippen LogP) is 2.21. The topological polar surface area (TPSA) is 50.7 Å². The first-order valence-corrected chi connectivity index (χ1v) is 6.88. The molecule has 0 saturated carbocycles. The van der Waals surface area contributed by atoms with Crippen molar-refractivity contribution in [2.24, 2.45) is 0 Å². The molecule has 0 radical (unpaired) electrons. The minimum absolute atomic E-state index is 0.0688. The second-order valence-corrected chi connectivity index (χ2v) is 4.72. The summed E-state index contributed by atoms with van der Waals surface area (Å²) in [6.45, 7) is 7.37. The fourth-order valence-electron chi connectivity index (χ4n) is 1.85. The average molecular weight is 267 g/mol. The molecule has 4 heteroatoms. The fourth-order valence-corrected chi connectivity index (χ4v) is 1.85. The van der Waals surface area contributed by atoms with Crippen LogP contribution in [-0.4, -0.2) is 37.0 Å². The predicted molar refractivity (Wildman–Crippen MR) is 76.9 cm³/mol. The van der Waals surface area contributed by atoms with Gasteiger partial charge in [0.15, 0.2) is 11.5 Å². The Labute approximate surface area is 115 Å². The maximum Gasteiger partial charge on any atom is 0.161 e. The van der Waals surface area contributed by atoms with Crippen molar-refractivity contribution < 1.29 is 14.6 Å². The Morgan fingerprint density at radius 3 is 2.32 bits per heavy atom. The van der Waals surface area contributed by atoms with E-state index in [0.717, 1.165) is 17.9 Å². The maximum absolute atomic E-state index is 9.27. The van der Waals surface area contributed by atoms with E-state index in [4.69, 9.17) is 9.47 Å². The van der Waals surface area contributed by atoms with E-state index >= 15 is 0 Å². The summed E-state index contributed by atoms with van der Waals surface area (Å²) in [5.74, 6) is 1.52. The minimum atomic E-state index is 0.0688. The highest BCUT2D eigenvalue weighted by atomic mass is 16.5. The van der Waals surface area contributed by atoms with Crippen molar-refractivity contribution in [3.63, 3.8) is 0 Å². The molecule has 0 saturated heterocycles. The maximum atomic E-state index is 9.27. The molecule has 1 aromatic carbocycles. The van der Waals surface area contributed by atoms with Crippen LogP contribution in [0.4, 0.5) is 0 Å². The quantitative estimate of drug-likeness (QED) is 0.720. The lowest BCUT2D eigenvalue weighted by Gasteiger charge is -2.19. The molecule has 108 valence electrons. The van der Waals surface area contributed by atoms with Crippen LogP contribution in [0.1, 0.15) is 27.2 Å².